The number of allylic oxidation sites excluding steroid dienone is 2. The second-order valence-corrected chi connectivity index (χ2v) is 8.46. The Morgan fingerprint density at radius 2 is 1.08 bits per heavy atom. The summed E-state index contributed by atoms with van der Waals surface area (Å²) >= 11 is 0. The fourth-order valence-corrected chi connectivity index (χ4v) is 5.69. The summed E-state index contributed by atoms with van der Waals surface area (Å²) in [5.41, 5.74) is 0. The number of nitrogens with zero attached hydrogens (tertiary/aromatic N) is 1. The van der Waals surface area contributed by atoms with Gasteiger partial charge in [0.1, 0.15) is 0 Å². The third-order valence-electron chi connectivity index (χ3n) is 6.94. The second-order valence-electron chi connectivity index (χ2n) is 8.46. The molecule has 3 aliphatic carbocycles. The fourth-order valence-electron chi connectivity index (χ4n) is 5.69. The van der Waals surface area contributed by atoms with Crippen LogP contribution < -0.4 is 0 Å². The Morgan fingerprint density at radius 3 is 1.54 bits per heavy atom. The molecule has 0 aromatic heterocycles. The van der Waals surface area contributed by atoms with Crippen molar-refractivity contribution in [1.29, 1.82) is 0 Å². The Hall–Kier alpha value is -1.12. The van der Waals surface area contributed by atoms with Crippen molar-refractivity contribution in [2.24, 2.45) is 23.7 Å². The fraction of sp³-hybridized carbons (Fsp3) is 0.810. The number of carbonyl (C=O) groups is 2. The van der Waals surface area contributed by atoms with Crippen LogP contribution >= 0.6 is 0 Å². The topological polar surface area (TPSA) is 37.4 Å². The molecule has 0 spiro atoms. The summed E-state index contributed by atoms with van der Waals surface area (Å²) in [6, 6.07) is 0.175. The molecule has 4 atom stereocenters. The van der Waals surface area contributed by atoms with E-state index in [0.717, 1.165) is 19.3 Å². The first-order chi connectivity index (χ1) is 11.8. The molecule has 4 aliphatic rings. The number of likely N-dealkylation sites (tertiary alicyclic amines) is 1. The van der Waals surface area contributed by atoms with Gasteiger partial charge in [-0.25, -0.2) is 0 Å². The molecule has 2 bridgehead atoms. The van der Waals surface area contributed by atoms with Crippen molar-refractivity contribution < 1.29 is 9.59 Å². The molecule has 0 N–H and O–H groups in total. The highest BCUT2D eigenvalue weighted by molar-refractivity contribution is 6.06. The van der Waals surface area contributed by atoms with Crippen LogP contribution in [0.3, 0.4) is 0 Å². The van der Waals surface area contributed by atoms with E-state index in [1.165, 1.54) is 57.8 Å². The predicted octanol–water partition coefficient (Wildman–Crippen LogP) is 4.47. The second kappa shape index (κ2) is 7.01. The minimum atomic E-state index is -0.0196. The predicted molar refractivity (Wildman–Crippen MR) is 94.1 cm³/mol. The van der Waals surface area contributed by atoms with E-state index in [9.17, 15) is 9.59 Å². The standard InChI is InChI=1S/C21H31NO2/c23-20-18-15-12-13-16(14-15)19(18)21(24)22(20)17-10-8-6-4-2-1-3-5-7-9-11-17/h12-13,15-19H,1-11,14H2/t15-,16-,18-,19-/m0/s1. The van der Waals surface area contributed by atoms with Gasteiger partial charge in [0.15, 0.2) is 0 Å². The maximum Gasteiger partial charge on any atom is 0.233 e. The zero-order valence-electron chi connectivity index (χ0n) is 14.8. The first-order valence-electron chi connectivity index (χ1n) is 10.3. The maximum atomic E-state index is 13.0. The summed E-state index contributed by atoms with van der Waals surface area (Å²) in [5, 5.41) is 0. The van der Waals surface area contributed by atoms with E-state index in [1.54, 1.807) is 4.90 Å². The van der Waals surface area contributed by atoms with Crippen LogP contribution in [0.25, 0.3) is 0 Å². The summed E-state index contributed by atoms with van der Waals surface area (Å²) in [4.78, 5) is 27.8. The molecule has 0 radical (unpaired) electrons. The van der Waals surface area contributed by atoms with Gasteiger partial charge < -0.3 is 0 Å². The van der Waals surface area contributed by atoms with Gasteiger partial charge in [-0.05, 0) is 31.1 Å². The Labute approximate surface area is 145 Å². The van der Waals surface area contributed by atoms with Crippen LogP contribution in [-0.2, 0) is 9.59 Å². The lowest BCUT2D eigenvalue weighted by Crippen LogP contribution is -2.42. The summed E-state index contributed by atoms with van der Waals surface area (Å²) in [6.07, 6.45) is 19.0. The van der Waals surface area contributed by atoms with Gasteiger partial charge in [-0.3, -0.25) is 14.5 Å². The lowest BCUT2D eigenvalue weighted by Gasteiger charge is -2.28. The summed E-state index contributed by atoms with van der Waals surface area (Å²) in [7, 11) is 0. The van der Waals surface area contributed by atoms with Gasteiger partial charge in [-0.1, -0.05) is 69.9 Å². The van der Waals surface area contributed by atoms with Crippen LogP contribution in [0.1, 0.15) is 77.0 Å². The average molecular weight is 329 g/mol. The number of rotatable bonds is 1. The van der Waals surface area contributed by atoms with E-state index in [1.807, 2.05) is 0 Å². The molecule has 24 heavy (non-hydrogen) atoms. The van der Waals surface area contributed by atoms with Gasteiger partial charge in [0, 0.05) is 6.04 Å². The Balaban J connectivity index is 1.46. The van der Waals surface area contributed by atoms with E-state index < -0.39 is 0 Å². The lowest BCUT2D eigenvalue weighted by atomic mass is 9.85. The molecule has 0 aromatic rings. The van der Waals surface area contributed by atoms with Crippen LogP contribution in [0.5, 0.6) is 0 Å². The molecule has 1 heterocycles. The van der Waals surface area contributed by atoms with Crippen molar-refractivity contribution in [1.82, 2.24) is 4.90 Å². The molecule has 1 saturated heterocycles. The first-order valence-corrected chi connectivity index (χ1v) is 10.3. The van der Waals surface area contributed by atoms with Crippen molar-refractivity contribution in [2.75, 3.05) is 0 Å². The molecule has 3 fully saturated rings. The molecule has 3 nitrogen and oxygen atoms in total. The minimum Gasteiger partial charge on any atom is -0.279 e. The van der Waals surface area contributed by atoms with Crippen molar-refractivity contribution in [2.45, 2.75) is 83.1 Å². The minimum absolute atomic E-state index is 0.0196. The highest BCUT2D eigenvalue weighted by atomic mass is 16.2. The van der Waals surface area contributed by atoms with Gasteiger partial charge in [0.05, 0.1) is 11.8 Å². The maximum absolute atomic E-state index is 13.0. The Bertz CT molecular complexity index is 484. The molecule has 2 saturated carbocycles. The third kappa shape index (κ3) is 2.84. The average Bonchev–Trinajstić information content (AvgIpc) is 3.23. The molecule has 3 heteroatoms. The van der Waals surface area contributed by atoms with Crippen molar-refractivity contribution in [3.63, 3.8) is 0 Å². The van der Waals surface area contributed by atoms with Gasteiger partial charge in [-0.2, -0.15) is 0 Å². The Morgan fingerprint density at radius 1 is 0.667 bits per heavy atom. The highest BCUT2D eigenvalue weighted by Crippen LogP contribution is 2.53. The molecule has 132 valence electrons. The number of hydrogen-bond donors (Lipinski definition) is 0. The van der Waals surface area contributed by atoms with Crippen molar-refractivity contribution in [3.05, 3.63) is 12.2 Å². The lowest BCUT2D eigenvalue weighted by molar-refractivity contribution is -0.143. The third-order valence-corrected chi connectivity index (χ3v) is 6.94. The smallest absolute Gasteiger partial charge is 0.233 e. The number of imide groups is 1. The summed E-state index contributed by atoms with van der Waals surface area (Å²) in [5.74, 6) is 0.973. The van der Waals surface area contributed by atoms with Gasteiger partial charge in [0.2, 0.25) is 11.8 Å². The number of carbonyl (C=O) groups excluding carboxylic acids is 2. The van der Waals surface area contributed by atoms with Gasteiger partial charge in [0.25, 0.3) is 0 Å². The first kappa shape index (κ1) is 16.4. The highest BCUT2D eigenvalue weighted by Gasteiger charge is 2.60. The van der Waals surface area contributed by atoms with E-state index in [4.69, 9.17) is 0 Å². The summed E-state index contributed by atoms with van der Waals surface area (Å²) in [6.45, 7) is 0. The van der Waals surface area contributed by atoms with Crippen LogP contribution in [0.15, 0.2) is 12.2 Å². The molecular formula is C21H31NO2. The van der Waals surface area contributed by atoms with Crippen molar-refractivity contribution in [3.8, 4) is 0 Å². The number of hydrogen-bond acceptors (Lipinski definition) is 2. The quantitative estimate of drug-likeness (QED) is 0.526. The van der Waals surface area contributed by atoms with Crippen LogP contribution in [0.2, 0.25) is 0 Å². The SMILES string of the molecule is O=C1[C@@H]2[C@@H](C(=O)N1C1CCCCCCCCCCC1)[C@H]1C=C[C@H]2C1. The van der Waals surface area contributed by atoms with Crippen LogP contribution in [-0.4, -0.2) is 22.8 Å². The van der Waals surface area contributed by atoms with Crippen LogP contribution in [0.4, 0.5) is 0 Å². The van der Waals surface area contributed by atoms with Gasteiger partial charge >= 0.3 is 0 Å². The molecular weight excluding hydrogens is 298 g/mol. The molecule has 0 unspecified atom stereocenters. The van der Waals surface area contributed by atoms with E-state index >= 15 is 0 Å². The van der Waals surface area contributed by atoms with Crippen LogP contribution in [0, 0.1) is 23.7 Å². The zero-order valence-corrected chi connectivity index (χ0v) is 14.8. The normalized spacial score (nSPS) is 38.2. The molecule has 0 aromatic carbocycles. The van der Waals surface area contributed by atoms with E-state index in [-0.39, 0.29) is 29.7 Å². The zero-order chi connectivity index (χ0) is 16.5. The van der Waals surface area contributed by atoms with Crippen molar-refractivity contribution >= 4 is 11.8 Å². The largest absolute Gasteiger partial charge is 0.279 e. The molecule has 1 aliphatic heterocycles. The van der Waals surface area contributed by atoms with Gasteiger partial charge in [-0.15, -0.1) is 0 Å². The summed E-state index contributed by atoms with van der Waals surface area (Å²) < 4.78 is 0. The molecule has 2 amide bonds. The van der Waals surface area contributed by atoms with E-state index in [0.29, 0.717) is 11.8 Å². The Kier molecular flexibility index (Phi) is 4.78. The monoisotopic (exact) mass is 329 g/mol. The number of amides is 2. The number of fused-ring (bicyclic) bond motifs is 5. The molecule has 4 rings (SSSR count). The van der Waals surface area contributed by atoms with E-state index in [2.05, 4.69) is 12.2 Å².